The summed E-state index contributed by atoms with van der Waals surface area (Å²) in [5, 5.41) is 22.6. The number of benzene rings is 2. The Morgan fingerprint density at radius 3 is 2.10 bits per heavy atom. The molecule has 0 fully saturated rings. The Morgan fingerprint density at radius 2 is 1.52 bits per heavy atom. The number of rotatable bonds is 6. The fraction of sp³-hybridized carbons (Fsp3) is 0.333. The number of hydrogen-bond donors (Lipinski definition) is 3. The van der Waals surface area contributed by atoms with Crippen LogP contribution in [0.3, 0.4) is 0 Å². The van der Waals surface area contributed by atoms with E-state index in [4.69, 9.17) is 0 Å². The predicted molar refractivity (Wildman–Crippen MR) is 85.2 cm³/mol. The van der Waals surface area contributed by atoms with Gasteiger partial charge in [-0.15, -0.1) is 0 Å². The summed E-state index contributed by atoms with van der Waals surface area (Å²) >= 11 is 0. The van der Waals surface area contributed by atoms with Crippen molar-refractivity contribution in [3.63, 3.8) is 0 Å². The van der Waals surface area contributed by atoms with Crippen LogP contribution in [0.15, 0.2) is 54.6 Å². The summed E-state index contributed by atoms with van der Waals surface area (Å²) in [7, 11) is 0. The number of nitrogens with one attached hydrogen (secondary N) is 1. The third kappa shape index (κ3) is 3.70. The Balaban J connectivity index is 2.43. The SMILES string of the molecule is Cc1ccccc1C(NC(C)(CO)CO)c1ccccc1. The highest BCUT2D eigenvalue weighted by Gasteiger charge is 2.28. The molecule has 2 rings (SSSR count). The highest BCUT2D eigenvalue weighted by Crippen LogP contribution is 2.27. The normalized spacial score (nSPS) is 13.1. The second kappa shape index (κ2) is 6.85. The molecular formula is C18H23NO2. The fourth-order valence-electron chi connectivity index (χ4n) is 2.39. The van der Waals surface area contributed by atoms with Crippen LogP contribution in [0, 0.1) is 6.92 Å². The highest BCUT2D eigenvalue weighted by atomic mass is 16.3. The second-order valence-corrected chi connectivity index (χ2v) is 5.72. The third-order valence-electron chi connectivity index (χ3n) is 3.82. The van der Waals surface area contributed by atoms with Crippen LogP contribution in [-0.4, -0.2) is 29.0 Å². The van der Waals surface area contributed by atoms with Gasteiger partial charge in [-0.25, -0.2) is 0 Å². The molecule has 0 saturated carbocycles. The van der Waals surface area contributed by atoms with Crippen molar-refractivity contribution >= 4 is 0 Å². The average molecular weight is 285 g/mol. The molecule has 2 aromatic rings. The molecule has 0 aliphatic rings. The van der Waals surface area contributed by atoms with Crippen molar-refractivity contribution in [3.05, 3.63) is 71.3 Å². The first kappa shape index (κ1) is 15.7. The van der Waals surface area contributed by atoms with Crippen molar-refractivity contribution in [3.8, 4) is 0 Å². The zero-order chi connectivity index (χ0) is 15.3. The molecule has 0 aromatic heterocycles. The van der Waals surface area contributed by atoms with Crippen molar-refractivity contribution in [1.29, 1.82) is 0 Å². The Kier molecular flexibility index (Phi) is 5.12. The summed E-state index contributed by atoms with van der Waals surface area (Å²) in [5.74, 6) is 0. The molecule has 21 heavy (non-hydrogen) atoms. The lowest BCUT2D eigenvalue weighted by molar-refractivity contribution is 0.0978. The number of aliphatic hydroxyl groups is 2. The summed E-state index contributed by atoms with van der Waals surface area (Å²) in [6.07, 6.45) is 0. The first-order chi connectivity index (χ1) is 10.1. The molecule has 1 atom stereocenters. The maximum Gasteiger partial charge on any atom is 0.0633 e. The molecule has 2 aromatic carbocycles. The van der Waals surface area contributed by atoms with E-state index in [0.29, 0.717) is 0 Å². The molecule has 0 saturated heterocycles. The molecule has 0 aliphatic carbocycles. The highest BCUT2D eigenvalue weighted by molar-refractivity contribution is 5.37. The first-order valence-corrected chi connectivity index (χ1v) is 7.19. The summed E-state index contributed by atoms with van der Waals surface area (Å²) < 4.78 is 0. The predicted octanol–water partition coefficient (Wildman–Crippen LogP) is 2.42. The average Bonchev–Trinajstić information content (AvgIpc) is 2.54. The minimum atomic E-state index is -0.733. The quantitative estimate of drug-likeness (QED) is 0.764. The van der Waals surface area contributed by atoms with Crippen LogP contribution in [0.25, 0.3) is 0 Å². The van der Waals surface area contributed by atoms with Gasteiger partial charge in [0.15, 0.2) is 0 Å². The Hall–Kier alpha value is -1.68. The standard InChI is InChI=1S/C18H23NO2/c1-14-8-6-7-11-16(14)17(15-9-4-3-5-10-15)19-18(2,12-20)13-21/h3-11,17,19-21H,12-13H2,1-2H3. The monoisotopic (exact) mass is 285 g/mol. The van der Waals surface area contributed by atoms with Gasteiger partial charge in [-0.05, 0) is 30.5 Å². The van der Waals surface area contributed by atoms with E-state index in [9.17, 15) is 10.2 Å². The van der Waals surface area contributed by atoms with Gasteiger partial charge in [0.1, 0.15) is 0 Å². The van der Waals surface area contributed by atoms with E-state index >= 15 is 0 Å². The van der Waals surface area contributed by atoms with E-state index in [1.165, 1.54) is 5.56 Å². The molecular weight excluding hydrogens is 262 g/mol. The van der Waals surface area contributed by atoms with Crippen LogP contribution in [-0.2, 0) is 0 Å². The minimum Gasteiger partial charge on any atom is -0.394 e. The molecule has 0 aliphatic heterocycles. The largest absolute Gasteiger partial charge is 0.394 e. The van der Waals surface area contributed by atoms with Crippen molar-refractivity contribution in [2.24, 2.45) is 0 Å². The second-order valence-electron chi connectivity index (χ2n) is 5.72. The van der Waals surface area contributed by atoms with Gasteiger partial charge in [-0.3, -0.25) is 5.32 Å². The lowest BCUT2D eigenvalue weighted by Gasteiger charge is -2.33. The molecule has 112 valence electrons. The van der Waals surface area contributed by atoms with E-state index in [1.807, 2.05) is 37.3 Å². The first-order valence-electron chi connectivity index (χ1n) is 7.19. The van der Waals surface area contributed by atoms with Gasteiger partial charge in [0.2, 0.25) is 0 Å². The Morgan fingerprint density at radius 1 is 0.952 bits per heavy atom. The third-order valence-corrected chi connectivity index (χ3v) is 3.82. The van der Waals surface area contributed by atoms with Crippen molar-refractivity contribution < 1.29 is 10.2 Å². The van der Waals surface area contributed by atoms with Crippen LogP contribution in [0.5, 0.6) is 0 Å². The van der Waals surface area contributed by atoms with E-state index in [0.717, 1.165) is 11.1 Å². The topological polar surface area (TPSA) is 52.5 Å². The van der Waals surface area contributed by atoms with Crippen LogP contribution >= 0.6 is 0 Å². The van der Waals surface area contributed by atoms with Gasteiger partial charge >= 0.3 is 0 Å². The Bertz CT molecular complexity index is 564. The van der Waals surface area contributed by atoms with Gasteiger partial charge in [0, 0.05) is 0 Å². The maximum absolute atomic E-state index is 9.57. The van der Waals surface area contributed by atoms with Gasteiger partial charge < -0.3 is 10.2 Å². The molecule has 3 nitrogen and oxygen atoms in total. The molecule has 0 radical (unpaired) electrons. The smallest absolute Gasteiger partial charge is 0.0633 e. The Labute approximate surface area is 126 Å². The summed E-state index contributed by atoms with van der Waals surface area (Å²) in [5.41, 5.74) is 2.71. The van der Waals surface area contributed by atoms with Crippen molar-refractivity contribution in [2.75, 3.05) is 13.2 Å². The molecule has 0 spiro atoms. The van der Waals surface area contributed by atoms with Crippen LogP contribution in [0.1, 0.15) is 29.7 Å². The van der Waals surface area contributed by atoms with Crippen LogP contribution < -0.4 is 5.32 Å². The van der Waals surface area contributed by atoms with Gasteiger partial charge in [-0.2, -0.15) is 0 Å². The fourth-order valence-corrected chi connectivity index (χ4v) is 2.39. The zero-order valence-corrected chi connectivity index (χ0v) is 12.6. The van der Waals surface area contributed by atoms with Crippen LogP contribution in [0.4, 0.5) is 0 Å². The van der Waals surface area contributed by atoms with E-state index in [1.54, 1.807) is 0 Å². The number of aliphatic hydroxyl groups excluding tert-OH is 2. The zero-order valence-electron chi connectivity index (χ0n) is 12.6. The molecule has 0 amide bonds. The van der Waals surface area contributed by atoms with Gasteiger partial charge in [0.25, 0.3) is 0 Å². The molecule has 3 heteroatoms. The van der Waals surface area contributed by atoms with Gasteiger partial charge in [-0.1, -0.05) is 54.6 Å². The molecule has 0 heterocycles. The lowest BCUT2D eigenvalue weighted by Crippen LogP contribution is -2.50. The summed E-state index contributed by atoms with van der Waals surface area (Å²) in [4.78, 5) is 0. The van der Waals surface area contributed by atoms with Crippen molar-refractivity contribution in [1.82, 2.24) is 5.32 Å². The maximum atomic E-state index is 9.57. The van der Waals surface area contributed by atoms with Crippen molar-refractivity contribution in [2.45, 2.75) is 25.4 Å². The van der Waals surface area contributed by atoms with Gasteiger partial charge in [0.05, 0.1) is 24.8 Å². The van der Waals surface area contributed by atoms with E-state index in [-0.39, 0.29) is 19.3 Å². The molecule has 3 N–H and O–H groups in total. The molecule has 1 unspecified atom stereocenters. The number of hydrogen-bond acceptors (Lipinski definition) is 3. The van der Waals surface area contributed by atoms with Crippen LogP contribution in [0.2, 0.25) is 0 Å². The summed E-state index contributed by atoms with van der Waals surface area (Å²) in [6, 6.07) is 18.2. The van der Waals surface area contributed by atoms with E-state index in [2.05, 4.69) is 36.5 Å². The van der Waals surface area contributed by atoms with E-state index < -0.39 is 5.54 Å². The number of aryl methyl sites for hydroxylation is 1. The molecule has 0 bridgehead atoms. The summed E-state index contributed by atoms with van der Waals surface area (Å²) in [6.45, 7) is 3.64. The lowest BCUT2D eigenvalue weighted by atomic mass is 9.92. The minimum absolute atomic E-state index is 0.0725.